The Balaban J connectivity index is 2.14. The van der Waals surface area contributed by atoms with E-state index in [1.807, 2.05) is 12.1 Å². The van der Waals surface area contributed by atoms with E-state index in [2.05, 4.69) is 30.1 Å². The third-order valence-electron chi connectivity index (χ3n) is 3.53. The van der Waals surface area contributed by atoms with Gasteiger partial charge in [0.2, 0.25) is 0 Å². The first-order valence-electron chi connectivity index (χ1n) is 6.73. The van der Waals surface area contributed by atoms with Gasteiger partial charge in [-0.2, -0.15) is 0 Å². The van der Waals surface area contributed by atoms with E-state index in [0.717, 1.165) is 37.7 Å². The molecule has 19 heavy (non-hydrogen) atoms. The zero-order valence-corrected chi connectivity index (χ0v) is 12.3. The molecule has 1 aromatic rings. The molecule has 1 saturated heterocycles. The molecule has 2 rings (SSSR count). The molecule has 0 saturated carbocycles. The smallest absolute Gasteiger partial charge is 0.165 e. The van der Waals surface area contributed by atoms with Gasteiger partial charge in [-0.25, -0.2) is 0 Å². The number of methoxy groups -OCH3 is 2. The summed E-state index contributed by atoms with van der Waals surface area (Å²) in [5.74, 6) is 1.65. The summed E-state index contributed by atoms with van der Waals surface area (Å²) >= 11 is 0. The Hall–Kier alpha value is -1.26. The number of piperazine rings is 1. The molecule has 4 nitrogen and oxygen atoms in total. The summed E-state index contributed by atoms with van der Waals surface area (Å²) < 4.78 is 10.8. The summed E-state index contributed by atoms with van der Waals surface area (Å²) in [4.78, 5) is 2.45. The molecule has 0 bridgehead atoms. The molecule has 1 heterocycles. The average Bonchev–Trinajstić information content (AvgIpc) is 2.37. The van der Waals surface area contributed by atoms with Gasteiger partial charge in [0, 0.05) is 37.3 Å². The van der Waals surface area contributed by atoms with Crippen LogP contribution in [0.15, 0.2) is 18.2 Å². The van der Waals surface area contributed by atoms with Crippen LogP contribution in [0.1, 0.15) is 19.4 Å². The summed E-state index contributed by atoms with van der Waals surface area (Å²) in [7, 11) is 3.37. The maximum absolute atomic E-state index is 5.49. The van der Waals surface area contributed by atoms with Crippen molar-refractivity contribution in [1.29, 1.82) is 0 Å². The van der Waals surface area contributed by atoms with Gasteiger partial charge >= 0.3 is 0 Å². The second-order valence-corrected chi connectivity index (χ2v) is 5.67. The molecule has 1 aromatic carbocycles. The zero-order valence-electron chi connectivity index (χ0n) is 12.3. The maximum Gasteiger partial charge on any atom is 0.165 e. The van der Waals surface area contributed by atoms with E-state index in [1.54, 1.807) is 14.2 Å². The minimum absolute atomic E-state index is 0.171. The first-order valence-corrected chi connectivity index (χ1v) is 6.73. The number of hydrogen-bond donors (Lipinski definition) is 1. The third kappa shape index (κ3) is 3.39. The highest BCUT2D eigenvalue weighted by molar-refractivity contribution is 5.46. The lowest BCUT2D eigenvalue weighted by molar-refractivity contribution is 0.147. The van der Waals surface area contributed by atoms with Crippen molar-refractivity contribution in [3.05, 3.63) is 23.8 Å². The second-order valence-electron chi connectivity index (χ2n) is 5.67. The highest BCUT2D eigenvalue weighted by Gasteiger charge is 2.26. The van der Waals surface area contributed by atoms with E-state index in [9.17, 15) is 0 Å². The minimum Gasteiger partial charge on any atom is -0.493 e. The summed E-state index contributed by atoms with van der Waals surface area (Å²) in [5.41, 5.74) is 1.35. The van der Waals surface area contributed by atoms with Crippen LogP contribution in [-0.4, -0.2) is 44.3 Å². The van der Waals surface area contributed by atoms with E-state index in [4.69, 9.17) is 9.47 Å². The molecule has 0 spiro atoms. The van der Waals surface area contributed by atoms with Gasteiger partial charge in [0.15, 0.2) is 11.5 Å². The Bertz CT molecular complexity index is 432. The Morgan fingerprint density at radius 2 is 2.05 bits per heavy atom. The van der Waals surface area contributed by atoms with Crippen LogP contribution in [0.5, 0.6) is 11.5 Å². The number of rotatable bonds is 4. The van der Waals surface area contributed by atoms with Crippen LogP contribution in [0.4, 0.5) is 0 Å². The molecule has 0 radical (unpaired) electrons. The lowest BCUT2D eigenvalue weighted by Crippen LogP contribution is -2.56. The van der Waals surface area contributed by atoms with Crippen molar-refractivity contribution in [3.8, 4) is 11.5 Å². The summed E-state index contributed by atoms with van der Waals surface area (Å²) in [5, 5.41) is 3.53. The van der Waals surface area contributed by atoms with Gasteiger partial charge in [0.05, 0.1) is 14.2 Å². The van der Waals surface area contributed by atoms with Crippen molar-refractivity contribution >= 4 is 0 Å². The SMILES string of the molecule is COc1cccc(CN2CCNC(C)(C)C2)c1OC. The van der Waals surface area contributed by atoms with Gasteiger partial charge in [0.25, 0.3) is 0 Å². The molecular weight excluding hydrogens is 240 g/mol. The monoisotopic (exact) mass is 264 g/mol. The van der Waals surface area contributed by atoms with Gasteiger partial charge in [-0.3, -0.25) is 4.90 Å². The molecule has 1 fully saturated rings. The number of benzene rings is 1. The highest BCUT2D eigenvalue weighted by atomic mass is 16.5. The number of hydrogen-bond acceptors (Lipinski definition) is 4. The largest absolute Gasteiger partial charge is 0.493 e. The molecule has 1 aliphatic rings. The molecule has 106 valence electrons. The van der Waals surface area contributed by atoms with Gasteiger partial charge in [-0.1, -0.05) is 12.1 Å². The molecule has 0 aliphatic carbocycles. The van der Waals surface area contributed by atoms with E-state index in [0.29, 0.717) is 0 Å². The first kappa shape index (κ1) is 14.2. The van der Waals surface area contributed by atoms with Crippen LogP contribution in [-0.2, 0) is 6.54 Å². The Kier molecular flexibility index (Phi) is 4.32. The first-order chi connectivity index (χ1) is 9.05. The third-order valence-corrected chi connectivity index (χ3v) is 3.53. The summed E-state index contributed by atoms with van der Waals surface area (Å²) in [6.07, 6.45) is 0. The van der Waals surface area contributed by atoms with Crippen molar-refractivity contribution in [2.75, 3.05) is 33.9 Å². The van der Waals surface area contributed by atoms with Crippen molar-refractivity contribution in [2.24, 2.45) is 0 Å². The van der Waals surface area contributed by atoms with Crippen molar-refractivity contribution < 1.29 is 9.47 Å². The van der Waals surface area contributed by atoms with E-state index in [1.165, 1.54) is 5.56 Å². The maximum atomic E-state index is 5.49. The minimum atomic E-state index is 0.171. The number of nitrogens with zero attached hydrogens (tertiary/aromatic N) is 1. The van der Waals surface area contributed by atoms with Gasteiger partial charge in [-0.05, 0) is 19.9 Å². The van der Waals surface area contributed by atoms with Crippen LogP contribution >= 0.6 is 0 Å². The molecule has 1 aliphatic heterocycles. The Morgan fingerprint density at radius 3 is 2.68 bits per heavy atom. The molecule has 0 aromatic heterocycles. The standard InChI is InChI=1S/C15H24N2O2/c1-15(2)11-17(9-8-16-15)10-12-6-5-7-13(18-3)14(12)19-4/h5-7,16H,8-11H2,1-4H3. The molecular formula is C15H24N2O2. The van der Waals surface area contributed by atoms with Gasteiger partial charge < -0.3 is 14.8 Å². The van der Waals surface area contributed by atoms with Crippen molar-refractivity contribution in [2.45, 2.75) is 25.9 Å². The highest BCUT2D eigenvalue weighted by Crippen LogP contribution is 2.31. The average molecular weight is 264 g/mol. The molecule has 0 amide bonds. The molecule has 4 heteroatoms. The number of ether oxygens (including phenoxy) is 2. The number of para-hydroxylation sites is 1. The van der Waals surface area contributed by atoms with Gasteiger partial charge in [-0.15, -0.1) is 0 Å². The Morgan fingerprint density at radius 1 is 1.26 bits per heavy atom. The van der Waals surface area contributed by atoms with Crippen LogP contribution in [0.25, 0.3) is 0 Å². The van der Waals surface area contributed by atoms with Crippen LogP contribution in [0, 0.1) is 0 Å². The van der Waals surface area contributed by atoms with E-state index < -0.39 is 0 Å². The van der Waals surface area contributed by atoms with Crippen LogP contribution < -0.4 is 14.8 Å². The van der Waals surface area contributed by atoms with E-state index >= 15 is 0 Å². The molecule has 0 unspecified atom stereocenters. The lowest BCUT2D eigenvalue weighted by atomic mass is 10.0. The predicted molar refractivity (Wildman–Crippen MR) is 76.9 cm³/mol. The topological polar surface area (TPSA) is 33.7 Å². The predicted octanol–water partition coefficient (Wildman–Crippen LogP) is 1.89. The molecule has 1 N–H and O–H groups in total. The van der Waals surface area contributed by atoms with Crippen molar-refractivity contribution in [3.63, 3.8) is 0 Å². The second kappa shape index (κ2) is 5.80. The van der Waals surface area contributed by atoms with Crippen LogP contribution in [0.2, 0.25) is 0 Å². The fourth-order valence-electron chi connectivity index (χ4n) is 2.70. The Labute approximate surface area is 115 Å². The fraction of sp³-hybridized carbons (Fsp3) is 0.600. The van der Waals surface area contributed by atoms with E-state index in [-0.39, 0.29) is 5.54 Å². The van der Waals surface area contributed by atoms with Crippen molar-refractivity contribution in [1.82, 2.24) is 10.2 Å². The summed E-state index contributed by atoms with van der Waals surface area (Å²) in [6.45, 7) is 8.49. The van der Waals surface area contributed by atoms with Gasteiger partial charge in [0.1, 0.15) is 0 Å². The fourth-order valence-corrected chi connectivity index (χ4v) is 2.70. The lowest BCUT2D eigenvalue weighted by Gasteiger charge is -2.39. The number of nitrogens with one attached hydrogen (secondary N) is 1. The normalized spacial score (nSPS) is 19.2. The summed E-state index contributed by atoms with van der Waals surface area (Å²) in [6, 6.07) is 6.06. The molecule has 0 atom stereocenters. The zero-order chi connectivity index (χ0) is 13.9. The quantitative estimate of drug-likeness (QED) is 0.900. The van der Waals surface area contributed by atoms with Crippen LogP contribution in [0.3, 0.4) is 0 Å².